The number of nitrogens with one attached hydrogen (secondary N) is 1. The number of phenols is 1. The van der Waals surface area contributed by atoms with E-state index >= 15 is 0 Å². The average Bonchev–Trinajstić information content (AvgIpc) is 2.47. The predicted octanol–water partition coefficient (Wildman–Crippen LogP) is 2.34. The zero-order valence-electron chi connectivity index (χ0n) is 11.3. The van der Waals surface area contributed by atoms with Crippen molar-refractivity contribution < 1.29 is 9.90 Å². The molecule has 1 atom stereocenters. The second-order valence-electron chi connectivity index (χ2n) is 4.69. The van der Waals surface area contributed by atoms with E-state index in [2.05, 4.69) is 5.32 Å². The number of amides is 1. The van der Waals surface area contributed by atoms with Crippen LogP contribution in [-0.4, -0.2) is 11.0 Å². The van der Waals surface area contributed by atoms with Crippen molar-refractivity contribution in [2.45, 2.75) is 19.5 Å². The van der Waals surface area contributed by atoms with Crippen molar-refractivity contribution in [3.05, 3.63) is 65.2 Å². The number of benzene rings is 2. The number of carbonyl (C=O) groups excluding carboxylic acids is 1. The Balaban J connectivity index is 2.06. The monoisotopic (exact) mass is 270 g/mol. The Labute approximate surface area is 118 Å². The molecule has 4 heteroatoms. The lowest BCUT2D eigenvalue weighted by Gasteiger charge is -2.15. The second kappa shape index (κ2) is 6.21. The fourth-order valence-corrected chi connectivity index (χ4v) is 1.95. The fraction of sp³-hybridized carbons (Fsp3) is 0.188. The molecule has 104 valence electrons. The number of nitrogens with two attached hydrogens (primary N) is 1. The van der Waals surface area contributed by atoms with Crippen molar-refractivity contribution in [3.63, 3.8) is 0 Å². The van der Waals surface area contributed by atoms with Gasteiger partial charge in [0.25, 0.3) is 5.91 Å². The Hall–Kier alpha value is -2.33. The van der Waals surface area contributed by atoms with Crippen molar-refractivity contribution in [2.24, 2.45) is 5.73 Å². The molecule has 0 saturated carbocycles. The lowest BCUT2D eigenvalue weighted by atomic mass is 10.1. The van der Waals surface area contributed by atoms with Crippen LogP contribution in [0.4, 0.5) is 0 Å². The number of aromatic hydroxyl groups is 1. The van der Waals surface area contributed by atoms with E-state index in [1.807, 2.05) is 31.2 Å². The zero-order valence-corrected chi connectivity index (χ0v) is 11.3. The highest BCUT2D eigenvalue weighted by molar-refractivity contribution is 5.94. The van der Waals surface area contributed by atoms with Crippen molar-refractivity contribution in [3.8, 4) is 5.75 Å². The molecule has 0 spiro atoms. The highest BCUT2D eigenvalue weighted by atomic mass is 16.3. The van der Waals surface area contributed by atoms with Gasteiger partial charge in [-0.25, -0.2) is 0 Å². The Bertz CT molecular complexity index is 594. The van der Waals surface area contributed by atoms with Gasteiger partial charge in [0.05, 0.1) is 6.04 Å². The normalized spacial score (nSPS) is 11.9. The minimum Gasteiger partial charge on any atom is -0.508 e. The first-order chi connectivity index (χ1) is 9.60. The predicted molar refractivity (Wildman–Crippen MR) is 78.3 cm³/mol. The van der Waals surface area contributed by atoms with Crippen LogP contribution < -0.4 is 11.1 Å². The van der Waals surface area contributed by atoms with Crippen LogP contribution in [0, 0.1) is 0 Å². The maximum Gasteiger partial charge on any atom is 0.251 e. The maximum atomic E-state index is 12.1. The summed E-state index contributed by atoms with van der Waals surface area (Å²) in [4.78, 5) is 12.1. The van der Waals surface area contributed by atoms with Crippen LogP contribution in [0.15, 0.2) is 48.5 Å². The summed E-state index contributed by atoms with van der Waals surface area (Å²) in [6.07, 6.45) is 0. The highest BCUT2D eigenvalue weighted by Crippen LogP contribution is 2.16. The van der Waals surface area contributed by atoms with E-state index in [-0.39, 0.29) is 17.7 Å². The molecule has 0 aliphatic rings. The van der Waals surface area contributed by atoms with Crippen molar-refractivity contribution >= 4 is 5.91 Å². The summed E-state index contributed by atoms with van der Waals surface area (Å²) in [5, 5.41) is 12.3. The largest absolute Gasteiger partial charge is 0.508 e. The van der Waals surface area contributed by atoms with Gasteiger partial charge in [0, 0.05) is 12.1 Å². The van der Waals surface area contributed by atoms with E-state index in [1.165, 1.54) is 12.1 Å². The maximum absolute atomic E-state index is 12.1. The molecule has 2 rings (SSSR count). The summed E-state index contributed by atoms with van der Waals surface area (Å²) in [6.45, 7) is 2.42. The molecule has 0 aliphatic carbocycles. The molecular formula is C16H18N2O2. The summed E-state index contributed by atoms with van der Waals surface area (Å²) < 4.78 is 0. The summed E-state index contributed by atoms with van der Waals surface area (Å²) in [7, 11) is 0. The molecule has 0 fully saturated rings. The van der Waals surface area contributed by atoms with Gasteiger partial charge in [0.1, 0.15) is 5.75 Å². The molecule has 20 heavy (non-hydrogen) atoms. The van der Waals surface area contributed by atoms with Gasteiger partial charge in [0.2, 0.25) is 0 Å². The Kier molecular flexibility index (Phi) is 4.38. The minimum absolute atomic E-state index is 0.0811. The van der Waals surface area contributed by atoms with Gasteiger partial charge in [-0.05, 0) is 36.2 Å². The number of phenolic OH excluding ortho intramolecular Hbond substituents is 1. The lowest BCUT2D eigenvalue weighted by molar-refractivity contribution is 0.0939. The van der Waals surface area contributed by atoms with Gasteiger partial charge >= 0.3 is 0 Å². The molecule has 2 aromatic rings. The molecule has 4 N–H and O–H groups in total. The first-order valence-corrected chi connectivity index (χ1v) is 6.49. The molecule has 4 nitrogen and oxygen atoms in total. The molecule has 0 radical (unpaired) electrons. The van der Waals surface area contributed by atoms with E-state index in [4.69, 9.17) is 5.73 Å². The molecule has 0 aromatic heterocycles. The smallest absolute Gasteiger partial charge is 0.251 e. The van der Waals surface area contributed by atoms with Crippen LogP contribution in [0.25, 0.3) is 0 Å². The molecule has 0 bridgehead atoms. The van der Waals surface area contributed by atoms with Crippen LogP contribution >= 0.6 is 0 Å². The van der Waals surface area contributed by atoms with E-state index in [9.17, 15) is 9.90 Å². The second-order valence-corrected chi connectivity index (χ2v) is 4.69. The first kappa shape index (κ1) is 14.1. The number of rotatable bonds is 4. The summed E-state index contributed by atoms with van der Waals surface area (Å²) in [6, 6.07) is 14.0. The van der Waals surface area contributed by atoms with Gasteiger partial charge in [-0.1, -0.05) is 30.3 Å². The lowest BCUT2D eigenvalue weighted by Crippen LogP contribution is -2.26. The molecular weight excluding hydrogens is 252 g/mol. The van der Waals surface area contributed by atoms with Crippen molar-refractivity contribution in [1.29, 1.82) is 0 Å². The van der Waals surface area contributed by atoms with Crippen molar-refractivity contribution in [1.82, 2.24) is 5.32 Å². The molecule has 1 amide bonds. The summed E-state index contributed by atoms with van der Waals surface area (Å²) in [5.41, 5.74) is 8.06. The molecule has 1 unspecified atom stereocenters. The van der Waals surface area contributed by atoms with Gasteiger partial charge in [0.15, 0.2) is 0 Å². The third-order valence-corrected chi connectivity index (χ3v) is 3.17. The zero-order chi connectivity index (χ0) is 14.5. The average molecular weight is 270 g/mol. The van der Waals surface area contributed by atoms with Crippen LogP contribution in [0.2, 0.25) is 0 Å². The van der Waals surface area contributed by atoms with Gasteiger partial charge in [-0.2, -0.15) is 0 Å². The third kappa shape index (κ3) is 3.36. The first-order valence-electron chi connectivity index (χ1n) is 6.49. The third-order valence-electron chi connectivity index (χ3n) is 3.17. The Morgan fingerprint density at radius 2 is 1.95 bits per heavy atom. The standard InChI is InChI=1S/C16H18N2O2/c1-11(13-7-5-12(10-17)6-8-13)18-16(20)14-3-2-4-15(19)9-14/h2-9,11,19H,10,17H2,1H3,(H,18,20). The van der Waals surface area contributed by atoms with Gasteiger partial charge in [-0.15, -0.1) is 0 Å². The van der Waals surface area contributed by atoms with Gasteiger partial charge in [-0.3, -0.25) is 4.79 Å². The number of carbonyl (C=O) groups is 1. The van der Waals surface area contributed by atoms with E-state index in [0.717, 1.165) is 11.1 Å². The highest BCUT2D eigenvalue weighted by Gasteiger charge is 2.11. The molecule has 2 aromatic carbocycles. The quantitative estimate of drug-likeness (QED) is 0.798. The van der Waals surface area contributed by atoms with Crippen molar-refractivity contribution in [2.75, 3.05) is 0 Å². The molecule has 0 aliphatic heterocycles. The summed E-state index contributed by atoms with van der Waals surface area (Å²) in [5.74, 6) is -0.131. The van der Waals surface area contributed by atoms with Crippen LogP contribution in [0.5, 0.6) is 5.75 Å². The van der Waals surface area contributed by atoms with E-state index < -0.39 is 0 Å². The fourth-order valence-electron chi connectivity index (χ4n) is 1.95. The van der Waals surface area contributed by atoms with Crippen LogP contribution in [0.1, 0.15) is 34.5 Å². The molecule has 0 heterocycles. The topological polar surface area (TPSA) is 75.3 Å². The van der Waals surface area contributed by atoms with Crippen LogP contribution in [-0.2, 0) is 6.54 Å². The van der Waals surface area contributed by atoms with E-state index in [0.29, 0.717) is 12.1 Å². The number of hydrogen-bond acceptors (Lipinski definition) is 3. The Morgan fingerprint density at radius 3 is 2.55 bits per heavy atom. The van der Waals surface area contributed by atoms with Crippen LogP contribution in [0.3, 0.4) is 0 Å². The minimum atomic E-state index is -0.212. The number of hydrogen-bond donors (Lipinski definition) is 3. The Morgan fingerprint density at radius 1 is 1.25 bits per heavy atom. The van der Waals surface area contributed by atoms with Gasteiger partial charge < -0.3 is 16.2 Å². The molecule has 0 saturated heterocycles. The van der Waals surface area contributed by atoms with E-state index in [1.54, 1.807) is 12.1 Å². The SMILES string of the molecule is CC(NC(=O)c1cccc(O)c1)c1ccc(CN)cc1. The summed E-state index contributed by atoms with van der Waals surface area (Å²) >= 11 is 0.